The number of hydrogen-bond acceptors (Lipinski definition) is 3. The minimum Gasteiger partial charge on any atom is -0.311 e. The van der Waals surface area contributed by atoms with Gasteiger partial charge in [-0.1, -0.05) is 30.9 Å². The number of aryl methyl sites for hydroxylation is 1. The van der Waals surface area contributed by atoms with E-state index in [0.29, 0.717) is 0 Å². The van der Waals surface area contributed by atoms with Gasteiger partial charge in [-0.05, 0) is 18.9 Å². The van der Waals surface area contributed by atoms with Gasteiger partial charge in [-0.3, -0.25) is 4.68 Å². The number of nitrogens with zero attached hydrogens (tertiary/aromatic N) is 3. The molecule has 4 nitrogen and oxygen atoms in total. The fourth-order valence-electron chi connectivity index (χ4n) is 2.30. The molecular weight excluding hydrogens is 188 g/mol. The lowest BCUT2D eigenvalue weighted by atomic mass is 10.0. The summed E-state index contributed by atoms with van der Waals surface area (Å²) in [5.41, 5.74) is 1.03. The van der Waals surface area contributed by atoms with Gasteiger partial charge in [0.15, 0.2) is 0 Å². The highest BCUT2D eigenvalue weighted by Gasteiger charge is 2.13. The summed E-state index contributed by atoms with van der Waals surface area (Å²) in [6, 6.07) is 0. The fraction of sp³-hybridized carbons (Fsp3) is 0.818. The lowest BCUT2D eigenvalue weighted by molar-refractivity contribution is 0.476. The predicted octanol–water partition coefficient (Wildman–Crippen LogP) is 1.48. The van der Waals surface area contributed by atoms with Crippen molar-refractivity contribution in [3.8, 4) is 0 Å². The van der Waals surface area contributed by atoms with Crippen LogP contribution in [0.3, 0.4) is 0 Å². The maximum absolute atomic E-state index is 4.04. The van der Waals surface area contributed by atoms with Crippen molar-refractivity contribution in [2.24, 2.45) is 13.0 Å². The van der Waals surface area contributed by atoms with Gasteiger partial charge in [0.2, 0.25) is 0 Å². The fourth-order valence-corrected chi connectivity index (χ4v) is 2.30. The molecule has 0 aliphatic heterocycles. The van der Waals surface area contributed by atoms with Gasteiger partial charge < -0.3 is 5.32 Å². The van der Waals surface area contributed by atoms with Crippen LogP contribution in [0.15, 0.2) is 6.20 Å². The van der Waals surface area contributed by atoms with Crippen LogP contribution in [0.1, 0.15) is 37.8 Å². The quantitative estimate of drug-likeness (QED) is 0.745. The van der Waals surface area contributed by atoms with Crippen LogP contribution in [0.5, 0.6) is 0 Å². The van der Waals surface area contributed by atoms with E-state index in [-0.39, 0.29) is 0 Å². The molecule has 2 rings (SSSR count). The second-order valence-electron chi connectivity index (χ2n) is 4.50. The Labute approximate surface area is 91.1 Å². The zero-order chi connectivity index (χ0) is 10.5. The lowest BCUT2D eigenvalue weighted by Crippen LogP contribution is -2.17. The third-order valence-electron chi connectivity index (χ3n) is 3.16. The Kier molecular flexibility index (Phi) is 3.72. The molecule has 0 radical (unpaired) electrons. The zero-order valence-electron chi connectivity index (χ0n) is 9.45. The number of rotatable bonds is 5. The summed E-state index contributed by atoms with van der Waals surface area (Å²) < 4.78 is 1.74. The molecule has 1 saturated carbocycles. The molecule has 1 aromatic heterocycles. The van der Waals surface area contributed by atoms with Gasteiger partial charge in [0, 0.05) is 19.8 Å². The normalized spacial score (nSPS) is 17.4. The molecule has 84 valence electrons. The summed E-state index contributed by atoms with van der Waals surface area (Å²) in [5, 5.41) is 11.4. The van der Waals surface area contributed by atoms with Crippen molar-refractivity contribution in [1.82, 2.24) is 20.3 Å². The molecule has 0 spiro atoms. The first-order valence-electron chi connectivity index (χ1n) is 5.90. The Hall–Kier alpha value is -0.900. The first-order valence-corrected chi connectivity index (χ1v) is 5.90. The van der Waals surface area contributed by atoms with E-state index in [1.54, 1.807) is 4.68 Å². The van der Waals surface area contributed by atoms with E-state index < -0.39 is 0 Å². The van der Waals surface area contributed by atoms with Crippen LogP contribution in [-0.2, 0) is 13.6 Å². The van der Waals surface area contributed by atoms with E-state index in [0.717, 1.165) is 24.7 Å². The first-order chi connectivity index (χ1) is 7.34. The summed E-state index contributed by atoms with van der Waals surface area (Å²) in [7, 11) is 1.90. The van der Waals surface area contributed by atoms with Crippen molar-refractivity contribution in [1.29, 1.82) is 0 Å². The monoisotopic (exact) mass is 208 g/mol. The second-order valence-corrected chi connectivity index (χ2v) is 4.50. The third kappa shape index (κ3) is 3.30. The Balaban J connectivity index is 1.58. The Morgan fingerprint density at radius 1 is 1.47 bits per heavy atom. The van der Waals surface area contributed by atoms with E-state index in [1.807, 2.05) is 13.2 Å². The predicted molar refractivity (Wildman–Crippen MR) is 59.3 cm³/mol. The van der Waals surface area contributed by atoms with E-state index in [4.69, 9.17) is 0 Å². The van der Waals surface area contributed by atoms with Crippen molar-refractivity contribution < 1.29 is 0 Å². The van der Waals surface area contributed by atoms with Crippen molar-refractivity contribution in [3.63, 3.8) is 0 Å². The summed E-state index contributed by atoms with van der Waals surface area (Å²) in [5.74, 6) is 0.972. The van der Waals surface area contributed by atoms with Crippen LogP contribution >= 0.6 is 0 Å². The van der Waals surface area contributed by atoms with Crippen LogP contribution in [-0.4, -0.2) is 21.5 Å². The smallest absolute Gasteiger partial charge is 0.0964 e. The van der Waals surface area contributed by atoms with Gasteiger partial charge in [0.25, 0.3) is 0 Å². The molecular formula is C11H20N4. The molecule has 1 aliphatic carbocycles. The molecule has 1 N–H and O–H groups in total. The molecule has 0 saturated heterocycles. The van der Waals surface area contributed by atoms with Crippen LogP contribution in [0.2, 0.25) is 0 Å². The van der Waals surface area contributed by atoms with Gasteiger partial charge in [-0.15, -0.1) is 5.10 Å². The maximum Gasteiger partial charge on any atom is 0.0964 e. The Morgan fingerprint density at radius 2 is 2.27 bits per heavy atom. The summed E-state index contributed by atoms with van der Waals surface area (Å²) in [6.45, 7) is 1.96. The van der Waals surface area contributed by atoms with Gasteiger partial charge in [0.05, 0.1) is 5.69 Å². The average Bonchev–Trinajstić information content (AvgIpc) is 2.84. The number of nitrogens with one attached hydrogen (secondary N) is 1. The van der Waals surface area contributed by atoms with Gasteiger partial charge in [-0.25, -0.2) is 0 Å². The second kappa shape index (κ2) is 5.26. The van der Waals surface area contributed by atoms with E-state index in [2.05, 4.69) is 15.6 Å². The zero-order valence-corrected chi connectivity index (χ0v) is 9.45. The Bertz CT molecular complexity index is 289. The molecule has 1 fully saturated rings. The van der Waals surface area contributed by atoms with E-state index in [1.165, 1.54) is 32.1 Å². The number of hydrogen-bond donors (Lipinski definition) is 1. The average molecular weight is 208 g/mol. The van der Waals surface area contributed by atoms with Gasteiger partial charge in [0.1, 0.15) is 0 Å². The summed E-state index contributed by atoms with van der Waals surface area (Å²) >= 11 is 0. The third-order valence-corrected chi connectivity index (χ3v) is 3.16. The molecule has 1 aromatic rings. The van der Waals surface area contributed by atoms with E-state index in [9.17, 15) is 0 Å². The van der Waals surface area contributed by atoms with Gasteiger partial charge >= 0.3 is 0 Å². The van der Waals surface area contributed by atoms with Crippen molar-refractivity contribution >= 4 is 0 Å². The van der Waals surface area contributed by atoms with Crippen LogP contribution in [0, 0.1) is 5.92 Å². The maximum atomic E-state index is 4.04. The topological polar surface area (TPSA) is 42.7 Å². The molecule has 0 bridgehead atoms. The highest BCUT2D eigenvalue weighted by Crippen LogP contribution is 2.26. The minimum absolute atomic E-state index is 0.848. The SMILES string of the molecule is Cn1cc(CNCCC2CCCC2)nn1. The number of aromatic nitrogens is 3. The summed E-state index contributed by atoms with van der Waals surface area (Å²) in [4.78, 5) is 0. The van der Waals surface area contributed by atoms with Crippen molar-refractivity contribution in [2.75, 3.05) is 6.54 Å². The molecule has 4 heteroatoms. The van der Waals surface area contributed by atoms with E-state index >= 15 is 0 Å². The molecule has 1 heterocycles. The van der Waals surface area contributed by atoms with Gasteiger partial charge in [-0.2, -0.15) is 0 Å². The van der Waals surface area contributed by atoms with Crippen LogP contribution in [0.25, 0.3) is 0 Å². The Morgan fingerprint density at radius 3 is 2.93 bits per heavy atom. The highest BCUT2D eigenvalue weighted by molar-refractivity contribution is 4.90. The molecule has 1 aliphatic rings. The molecule has 15 heavy (non-hydrogen) atoms. The van der Waals surface area contributed by atoms with Crippen LogP contribution < -0.4 is 5.32 Å². The first kappa shape index (κ1) is 10.6. The molecule has 0 amide bonds. The lowest BCUT2D eigenvalue weighted by Gasteiger charge is -2.08. The van der Waals surface area contributed by atoms with Crippen molar-refractivity contribution in [3.05, 3.63) is 11.9 Å². The highest BCUT2D eigenvalue weighted by atomic mass is 15.4. The largest absolute Gasteiger partial charge is 0.311 e. The molecule has 0 aromatic carbocycles. The molecule has 0 unspecified atom stereocenters. The van der Waals surface area contributed by atoms with Crippen LogP contribution in [0.4, 0.5) is 0 Å². The van der Waals surface area contributed by atoms with Crippen molar-refractivity contribution in [2.45, 2.75) is 38.6 Å². The standard InChI is InChI=1S/C11H20N4/c1-15-9-11(13-14-15)8-12-7-6-10-4-2-3-5-10/h9-10,12H,2-8H2,1H3. The summed E-state index contributed by atoms with van der Waals surface area (Å²) in [6.07, 6.45) is 9.03. The molecule has 0 atom stereocenters. The minimum atomic E-state index is 0.848.